The lowest BCUT2D eigenvalue weighted by molar-refractivity contribution is 0.0635. The molecule has 0 bridgehead atoms. The Bertz CT molecular complexity index is 1230. The first-order valence-electron chi connectivity index (χ1n) is 10.2. The average molecular weight is 494 g/mol. The van der Waals surface area contributed by atoms with Gasteiger partial charge in [0.05, 0.1) is 10.7 Å². The molecule has 2 aromatic carbocycles. The second kappa shape index (κ2) is 9.00. The molecule has 0 aliphatic heterocycles. The molecule has 0 fully saturated rings. The Labute approximate surface area is 195 Å². The van der Waals surface area contributed by atoms with Crippen molar-refractivity contribution < 1.29 is 9.53 Å². The van der Waals surface area contributed by atoms with Gasteiger partial charge in [-0.15, -0.1) is 0 Å². The summed E-state index contributed by atoms with van der Waals surface area (Å²) in [5.74, 6) is 1.06. The van der Waals surface area contributed by atoms with E-state index in [-0.39, 0.29) is 0 Å². The Morgan fingerprint density at radius 3 is 2.44 bits per heavy atom. The summed E-state index contributed by atoms with van der Waals surface area (Å²) in [7, 11) is 0. The van der Waals surface area contributed by atoms with Gasteiger partial charge in [0.25, 0.3) is 0 Å². The number of hydrogen-bond acceptors (Lipinski definition) is 5. The molecule has 0 atom stereocenters. The molecule has 1 amide bonds. The van der Waals surface area contributed by atoms with E-state index in [1.165, 1.54) is 11.1 Å². The first-order valence-corrected chi connectivity index (χ1v) is 11.0. The Morgan fingerprint density at radius 2 is 1.75 bits per heavy atom. The van der Waals surface area contributed by atoms with Crippen LogP contribution in [0.25, 0.3) is 16.8 Å². The number of fused-ring (bicyclic) bond motifs is 1. The Balaban J connectivity index is 1.51. The first-order chi connectivity index (χ1) is 15.3. The van der Waals surface area contributed by atoms with Crippen LogP contribution in [0.1, 0.15) is 26.3 Å². The number of nitrogens with one attached hydrogen (secondary N) is 2. The van der Waals surface area contributed by atoms with Gasteiger partial charge in [-0.3, -0.25) is 5.32 Å². The van der Waals surface area contributed by atoms with Crippen LogP contribution in [0.3, 0.4) is 0 Å². The number of benzene rings is 2. The van der Waals surface area contributed by atoms with Crippen molar-refractivity contribution >= 4 is 39.3 Å². The van der Waals surface area contributed by atoms with Crippen molar-refractivity contribution in [3.8, 4) is 11.1 Å². The molecule has 0 spiro atoms. The van der Waals surface area contributed by atoms with Crippen LogP contribution < -0.4 is 10.6 Å². The van der Waals surface area contributed by atoms with Gasteiger partial charge in [0.1, 0.15) is 17.2 Å². The summed E-state index contributed by atoms with van der Waals surface area (Å²) in [6.45, 7) is 6.02. The van der Waals surface area contributed by atoms with Crippen molar-refractivity contribution in [2.24, 2.45) is 0 Å². The van der Waals surface area contributed by atoms with Crippen LogP contribution in [0.4, 0.5) is 16.4 Å². The summed E-state index contributed by atoms with van der Waals surface area (Å²) in [4.78, 5) is 16.9. The van der Waals surface area contributed by atoms with Crippen LogP contribution >= 0.6 is 15.9 Å². The molecule has 4 rings (SSSR count). The SMILES string of the molecule is CC(C)(C)OC(=O)Nc1cc(NCc2ccc(-c3ccccc3)cc2)nc2c(Br)cnn12. The molecule has 164 valence electrons. The number of amides is 1. The van der Waals surface area contributed by atoms with Gasteiger partial charge >= 0.3 is 6.09 Å². The van der Waals surface area contributed by atoms with E-state index < -0.39 is 11.7 Å². The quantitative estimate of drug-likeness (QED) is 0.350. The molecule has 0 aliphatic carbocycles. The van der Waals surface area contributed by atoms with Gasteiger partial charge in [0.15, 0.2) is 5.65 Å². The largest absolute Gasteiger partial charge is 0.444 e. The summed E-state index contributed by atoms with van der Waals surface area (Å²) >= 11 is 3.46. The van der Waals surface area contributed by atoms with E-state index in [0.717, 1.165) is 10.0 Å². The minimum Gasteiger partial charge on any atom is -0.444 e. The minimum atomic E-state index is -0.603. The summed E-state index contributed by atoms with van der Waals surface area (Å²) in [5, 5.41) is 10.4. The topological polar surface area (TPSA) is 80.5 Å². The standard InChI is InChI=1S/C24H24BrN5O2/c1-24(2,3)32-23(31)29-21-13-20(28-22-19(25)15-27-30(21)22)26-14-16-9-11-18(12-10-16)17-7-5-4-6-8-17/h4-13,15H,14H2,1-3H3,(H,26,28)(H,29,31). The van der Waals surface area contributed by atoms with Crippen molar-refractivity contribution in [3.05, 3.63) is 76.9 Å². The van der Waals surface area contributed by atoms with Crippen LogP contribution in [0.2, 0.25) is 0 Å². The van der Waals surface area contributed by atoms with Gasteiger partial charge in [-0.1, -0.05) is 54.6 Å². The molecule has 0 unspecified atom stereocenters. The molecule has 4 aromatic rings. The van der Waals surface area contributed by atoms with Gasteiger partial charge < -0.3 is 10.1 Å². The lowest BCUT2D eigenvalue weighted by Gasteiger charge is -2.20. The molecule has 0 saturated carbocycles. The van der Waals surface area contributed by atoms with Crippen molar-refractivity contribution in [3.63, 3.8) is 0 Å². The van der Waals surface area contributed by atoms with Crippen molar-refractivity contribution in [1.82, 2.24) is 14.6 Å². The maximum absolute atomic E-state index is 12.3. The fourth-order valence-corrected chi connectivity index (χ4v) is 3.51. The van der Waals surface area contributed by atoms with Gasteiger partial charge in [0.2, 0.25) is 0 Å². The zero-order chi connectivity index (χ0) is 22.7. The third-order valence-corrected chi connectivity index (χ3v) is 5.15. The number of carbonyl (C=O) groups is 1. The highest BCUT2D eigenvalue weighted by molar-refractivity contribution is 9.10. The number of halogens is 1. The van der Waals surface area contributed by atoms with E-state index in [9.17, 15) is 4.79 Å². The van der Waals surface area contributed by atoms with E-state index in [1.807, 2.05) is 39.0 Å². The second-order valence-electron chi connectivity index (χ2n) is 8.30. The lowest BCUT2D eigenvalue weighted by Crippen LogP contribution is -2.28. The van der Waals surface area contributed by atoms with Crippen LogP contribution in [-0.4, -0.2) is 26.3 Å². The molecule has 32 heavy (non-hydrogen) atoms. The number of carbonyl (C=O) groups excluding carboxylic acids is 1. The Morgan fingerprint density at radius 1 is 1.06 bits per heavy atom. The molecule has 2 aromatic heterocycles. The highest BCUT2D eigenvalue weighted by Crippen LogP contribution is 2.24. The number of nitrogens with zero attached hydrogens (tertiary/aromatic N) is 3. The summed E-state index contributed by atoms with van der Waals surface area (Å²) in [5.41, 5.74) is 3.44. The molecule has 2 N–H and O–H groups in total. The predicted molar refractivity (Wildman–Crippen MR) is 130 cm³/mol. The second-order valence-corrected chi connectivity index (χ2v) is 9.15. The fourth-order valence-electron chi connectivity index (χ4n) is 3.16. The third-order valence-electron chi connectivity index (χ3n) is 4.59. The predicted octanol–water partition coefficient (Wildman–Crippen LogP) is 6.12. The van der Waals surface area contributed by atoms with Crippen LogP contribution in [-0.2, 0) is 11.3 Å². The first kappa shape index (κ1) is 21.8. The summed E-state index contributed by atoms with van der Waals surface area (Å²) < 4.78 is 7.64. The van der Waals surface area contributed by atoms with E-state index in [4.69, 9.17) is 4.74 Å². The highest BCUT2D eigenvalue weighted by Gasteiger charge is 2.18. The number of rotatable bonds is 5. The normalized spacial score (nSPS) is 11.4. The Kier molecular flexibility index (Phi) is 6.14. The van der Waals surface area contributed by atoms with E-state index in [1.54, 1.807) is 16.8 Å². The number of aromatic nitrogens is 3. The molecule has 7 nitrogen and oxygen atoms in total. The molecular formula is C24H24BrN5O2. The monoisotopic (exact) mass is 493 g/mol. The van der Waals surface area contributed by atoms with Gasteiger partial charge in [-0.2, -0.15) is 9.61 Å². The third kappa shape index (κ3) is 5.26. The van der Waals surface area contributed by atoms with Crippen molar-refractivity contribution in [2.45, 2.75) is 32.9 Å². The van der Waals surface area contributed by atoms with Gasteiger partial charge in [0, 0.05) is 12.6 Å². The Hall–Kier alpha value is -3.39. The summed E-state index contributed by atoms with van der Waals surface area (Å²) in [6.07, 6.45) is 1.08. The van der Waals surface area contributed by atoms with Crippen LogP contribution in [0, 0.1) is 0 Å². The highest BCUT2D eigenvalue weighted by atomic mass is 79.9. The average Bonchev–Trinajstić information content (AvgIpc) is 3.13. The molecule has 0 aliphatic rings. The zero-order valence-corrected chi connectivity index (χ0v) is 19.7. The van der Waals surface area contributed by atoms with Crippen molar-refractivity contribution in [1.29, 1.82) is 0 Å². The fraction of sp³-hybridized carbons (Fsp3) is 0.208. The van der Waals surface area contributed by atoms with Crippen molar-refractivity contribution in [2.75, 3.05) is 10.6 Å². The summed E-state index contributed by atoms with van der Waals surface area (Å²) in [6, 6.07) is 20.4. The van der Waals surface area contributed by atoms with E-state index in [2.05, 4.69) is 73.0 Å². The maximum Gasteiger partial charge on any atom is 0.413 e. The minimum absolute atomic E-state index is 0.455. The molecule has 2 heterocycles. The van der Waals surface area contributed by atoms with E-state index in [0.29, 0.717) is 23.8 Å². The number of anilines is 2. The molecule has 0 radical (unpaired) electrons. The van der Waals surface area contributed by atoms with Crippen LogP contribution in [0.15, 0.2) is 71.3 Å². The molecular weight excluding hydrogens is 470 g/mol. The maximum atomic E-state index is 12.3. The zero-order valence-electron chi connectivity index (χ0n) is 18.1. The number of hydrogen-bond donors (Lipinski definition) is 2. The molecule has 0 saturated heterocycles. The van der Waals surface area contributed by atoms with Crippen LogP contribution in [0.5, 0.6) is 0 Å². The van der Waals surface area contributed by atoms with Gasteiger partial charge in [-0.05, 0) is 53.4 Å². The smallest absolute Gasteiger partial charge is 0.413 e. The molecule has 8 heteroatoms. The van der Waals surface area contributed by atoms with Gasteiger partial charge in [-0.25, -0.2) is 9.78 Å². The number of ether oxygens (including phenoxy) is 1. The lowest BCUT2D eigenvalue weighted by atomic mass is 10.0. The van der Waals surface area contributed by atoms with E-state index >= 15 is 0 Å².